The maximum atomic E-state index is 13.2. The molecule has 5 heteroatoms. The molecular formula is C20H20FN3O. The first-order valence-electron chi connectivity index (χ1n) is 8.14. The summed E-state index contributed by atoms with van der Waals surface area (Å²) in [6.45, 7) is 4.87. The molecule has 1 heterocycles. The number of aryl methyl sites for hydroxylation is 2. The number of aromatic nitrogens is 2. The number of carbonyl (C=O) groups excluding carboxylic acids is 1. The van der Waals surface area contributed by atoms with Crippen molar-refractivity contribution in [1.29, 1.82) is 0 Å². The summed E-state index contributed by atoms with van der Waals surface area (Å²) < 4.78 is 15.1. The highest BCUT2D eigenvalue weighted by atomic mass is 19.1. The first-order chi connectivity index (χ1) is 12.0. The molecule has 0 unspecified atom stereocenters. The summed E-state index contributed by atoms with van der Waals surface area (Å²) in [5.74, 6) is -0.488. The minimum Gasteiger partial charge on any atom is -0.348 e. The Hall–Kier alpha value is -2.95. The van der Waals surface area contributed by atoms with Crippen molar-refractivity contribution in [3.8, 4) is 0 Å². The minimum atomic E-state index is -0.307. The van der Waals surface area contributed by atoms with Crippen LogP contribution in [0.2, 0.25) is 0 Å². The van der Waals surface area contributed by atoms with Gasteiger partial charge in [0.05, 0.1) is 12.2 Å². The van der Waals surface area contributed by atoms with Crippen LogP contribution in [0, 0.1) is 19.7 Å². The van der Waals surface area contributed by atoms with Crippen LogP contribution in [-0.2, 0) is 13.1 Å². The van der Waals surface area contributed by atoms with Crippen molar-refractivity contribution in [1.82, 2.24) is 15.1 Å². The van der Waals surface area contributed by atoms with Crippen molar-refractivity contribution in [3.05, 3.63) is 88.5 Å². The molecule has 0 bridgehead atoms. The molecule has 3 aromatic rings. The summed E-state index contributed by atoms with van der Waals surface area (Å²) in [6.07, 6.45) is 0. The molecule has 3 rings (SSSR count). The van der Waals surface area contributed by atoms with Crippen LogP contribution in [0.15, 0.2) is 54.6 Å². The molecule has 4 nitrogen and oxygen atoms in total. The van der Waals surface area contributed by atoms with Crippen molar-refractivity contribution in [2.75, 3.05) is 0 Å². The van der Waals surface area contributed by atoms with Crippen LogP contribution in [0.5, 0.6) is 0 Å². The Bertz CT molecular complexity index is 901. The second-order valence-electron chi connectivity index (χ2n) is 6.10. The third kappa shape index (κ3) is 4.32. The number of benzene rings is 2. The second-order valence-corrected chi connectivity index (χ2v) is 6.10. The normalized spacial score (nSPS) is 10.7. The van der Waals surface area contributed by atoms with Gasteiger partial charge in [0.25, 0.3) is 5.91 Å². The molecule has 0 saturated heterocycles. The van der Waals surface area contributed by atoms with Gasteiger partial charge in [-0.05, 0) is 55.3 Å². The minimum absolute atomic E-state index is 0.181. The van der Waals surface area contributed by atoms with Crippen LogP contribution in [0.25, 0.3) is 0 Å². The van der Waals surface area contributed by atoms with Crippen LogP contribution in [0.4, 0.5) is 4.39 Å². The van der Waals surface area contributed by atoms with E-state index in [0.717, 1.165) is 22.5 Å². The highest BCUT2D eigenvalue weighted by molar-refractivity contribution is 5.94. The van der Waals surface area contributed by atoms with E-state index in [-0.39, 0.29) is 18.3 Å². The Morgan fingerprint density at radius 2 is 1.84 bits per heavy atom. The predicted octanol–water partition coefficient (Wildman–Crippen LogP) is 3.62. The number of amides is 1. The van der Waals surface area contributed by atoms with E-state index in [2.05, 4.69) is 10.4 Å². The molecule has 0 radical (unpaired) electrons. The fraction of sp³-hybridized carbons (Fsp3) is 0.200. The van der Waals surface area contributed by atoms with E-state index in [1.807, 2.05) is 42.8 Å². The zero-order valence-electron chi connectivity index (χ0n) is 14.3. The van der Waals surface area contributed by atoms with Gasteiger partial charge in [-0.25, -0.2) is 4.39 Å². The first kappa shape index (κ1) is 16.9. The fourth-order valence-corrected chi connectivity index (χ4v) is 2.75. The average molecular weight is 337 g/mol. The smallest absolute Gasteiger partial charge is 0.251 e. The van der Waals surface area contributed by atoms with E-state index in [4.69, 9.17) is 0 Å². The maximum Gasteiger partial charge on any atom is 0.251 e. The van der Waals surface area contributed by atoms with E-state index < -0.39 is 0 Å². The van der Waals surface area contributed by atoms with E-state index >= 15 is 0 Å². The molecule has 0 saturated carbocycles. The van der Waals surface area contributed by atoms with Gasteiger partial charge in [-0.3, -0.25) is 9.48 Å². The first-order valence-corrected chi connectivity index (χ1v) is 8.14. The monoisotopic (exact) mass is 337 g/mol. The van der Waals surface area contributed by atoms with E-state index in [1.165, 1.54) is 12.1 Å². The zero-order valence-corrected chi connectivity index (χ0v) is 14.3. The average Bonchev–Trinajstić information content (AvgIpc) is 2.90. The molecule has 1 aromatic heterocycles. The van der Waals surface area contributed by atoms with Crippen LogP contribution in [0.3, 0.4) is 0 Å². The van der Waals surface area contributed by atoms with Gasteiger partial charge in [-0.2, -0.15) is 5.10 Å². The van der Waals surface area contributed by atoms with Gasteiger partial charge < -0.3 is 5.32 Å². The maximum absolute atomic E-state index is 13.2. The van der Waals surface area contributed by atoms with Crippen molar-refractivity contribution < 1.29 is 9.18 Å². The number of nitrogens with zero attached hydrogens (tertiary/aromatic N) is 2. The summed E-state index contributed by atoms with van der Waals surface area (Å²) in [4.78, 5) is 12.4. The molecule has 0 aliphatic heterocycles. The third-order valence-electron chi connectivity index (χ3n) is 3.97. The quantitative estimate of drug-likeness (QED) is 0.773. The van der Waals surface area contributed by atoms with Gasteiger partial charge in [0.2, 0.25) is 0 Å². The third-order valence-corrected chi connectivity index (χ3v) is 3.97. The SMILES string of the molecule is Cc1cc(C)n(Cc2cccc(C(=O)NCc3cccc(F)c3)c2)n1. The summed E-state index contributed by atoms with van der Waals surface area (Å²) in [7, 11) is 0. The van der Waals surface area contributed by atoms with Crippen molar-refractivity contribution >= 4 is 5.91 Å². The molecule has 25 heavy (non-hydrogen) atoms. The molecular weight excluding hydrogens is 317 g/mol. The lowest BCUT2D eigenvalue weighted by molar-refractivity contribution is 0.0950. The number of hydrogen-bond acceptors (Lipinski definition) is 2. The van der Waals surface area contributed by atoms with Gasteiger partial charge >= 0.3 is 0 Å². The molecule has 128 valence electrons. The summed E-state index contributed by atoms with van der Waals surface area (Å²) in [6, 6.07) is 15.7. The Morgan fingerprint density at radius 3 is 2.56 bits per heavy atom. The molecule has 0 atom stereocenters. The molecule has 1 N–H and O–H groups in total. The van der Waals surface area contributed by atoms with Gasteiger partial charge in [-0.1, -0.05) is 24.3 Å². The Balaban J connectivity index is 1.68. The number of nitrogens with one attached hydrogen (secondary N) is 1. The van der Waals surface area contributed by atoms with Crippen molar-refractivity contribution in [2.45, 2.75) is 26.9 Å². The predicted molar refractivity (Wildman–Crippen MR) is 94.8 cm³/mol. The zero-order chi connectivity index (χ0) is 17.8. The summed E-state index contributed by atoms with van der Waals surface area (Å²) in [5.41, 5.74) is 4.37. The fourth-order valence-electron chi connectivity index (χ4n) is 2.75. The van der Waals surface area contributed by atoms with Gasteiger partial charge in [0.15, 0.2) is 0 Å². The lowest BCUT2D eigenvalue weighted by Crippen LogP contribution is -2.23. The van der Waals surface area contributed by atoms with Crippen LogP contribution in [-0.4, -0.2) is 15.7 Å². The summed E-state index contributed by atoms with van der Waals surface area (Å²) in [5, 5.41) is 7.27. The number of hydrogen-bond donors (Lipinski definition) is 1. The summed E-state index contributed by atoms with van der Waals surface area (Å²) >= 11 is 0. The second kappa shape index (κ2) is 7.30. The Labute approximate surface area is 146 Å². The van der Waals surface area contributed by atoms with Gasteiger partial charge in [-0.15, -0.1) is 0 Å². The molecule has 0 spiro atoms. The van der Waals surface area contributed by atoms with E-state index in [0.29, 0.717) is 12.1 Å². The van der Waals surface area contributed by atoms with E-state index in [9.17, 15) is 9.18 Å². The molecule has 0 aliphatic carbocycles. The Kier molecular flexibility index (Phi) is 4.93. The molecule has 1 amide bonds. The molecule has 0 aliphatic rings. The van der Waals surface area contributed by atoms with Crippen LogP contribution in [0.1, 0.15) is 32.9 Å². The van der Waals surface area contributed by atoms with Crippen molar-refractivity contribution in [3.63, 3.8) is 0 Å². The van der Waals surface area contributed by atoms with Crippen LogP contribution >= 0.6 is 0 Å². The Morgan fingerprint density at radius 1 is 1.08 bits per heavy atom. The number of rotatable bonds is 5. The molecule has 0 fully saturated rings. The largest absolute Gasteiger partial charge is 0.348 e. The van der Waals surface area contributed by atoms with E-state index in [1.54, 1.807) is 18.2 Å². The highest BCUT2D eigenvalue weighted by Crippen LogP contribution is 2.10. The number of halogens is 1. The van der Waals surface area contributed by atoms with Crippen molar-refractivity contribution in [2.24, 2.45) is 0 Å². The molecule has 2 aromatic carbocycles. The van der Waals surface area contributed by atoms with Crippen LogP contribution < -0.4 is 5.32 Å². The number of carbonyl (C=O) groups is 1. The highest BCUT2D eigenvalue weighted by Gasteiger charge is 2.08. The lowest BCUT2D eigenvalue weighted by atomic mass is 10.1. The van der Waals surface area contributed by atoms with Gasteiger partial charge in [0, 0.05) is 17.8 Å². The lowest BCUT2D eigenvalue weighted by Gasteiger charge is -2.08. The standard InChI is InChI=1S/C20H20FN3O/c1-14-9-15(2)24(23-14)13-17-6-3-7-18(10-17)20(25)22-12-16-5-4-8-19(21)11-16/h3-11H,12-13H2,1-2H3,(H,22,25). The van der Waals surface area contributed by atoms with Gasteiger partial charge in [0.1, 0.15) is 5.82 Å². The topological polar surface area (TPSA) is 46.9 Å².